The van der Waals surface area contributed by atoms with Crippen LogP contribution in [0, 0.1) is 5.82 Å². The van der Waals surface area contributed by atoms with Gasteiger partial charge in [-0.1, -0.05) is 61.6 Å². The van der Waals surface area contributed by atoms with Crippen LogP contribution in [0.1, 0.15) is 99.1 Å². The van der Waals surface area contributed by atoms with E-state index in [4.69, 9.17) is 14.2 Å². The highest BCUT2D eigenvalue weighted by atomic mass is 19.1. The molecule has 3 heterocycles. The molecular formula is C31H47FN2O6. The third-order valence-corrected chi connectivity index (χ3v) is 7.60. The lowest BCUT2D eigenvalue weighted by Gasteiger charge is -2.31. The fourth-order valence-electron chi connectivity index (χ4n) is 5.51. The van der Waals surface area contributed by atoms with Crippen molar-refractivity contribution in [3.8, 4) is 0 Å². The molecule has 2 aliphatic heterocycles. The smallest absolute Gasteiger partial charge is 0.333 e. The minimum atomic E-state index is -1.06. The standard InChI is InChI=1S/C31H47FN2O6/c1-7-16-31(17-8-2)39-26-25(20-35)38-29(27(26)40-31)34-19-24(32)28(36)33(30(34)37)18-15-23(6)14-10-13-22(5)12-9-11-21(3)4/h11,13,15,19,25-27,29,35H,7-10,12,14,16-18,20H2,1-6H3/b22-13+,23-15+/t25-,26-,27-,29-/m1/s1. The van der Waals surface area contributed by atoms with Gasteiger partial charge in [0.2, 0.25) is 5.82 Å². The van der Waals surface area contributed by atoms with Crippen LogP contribution in [-0.4, -0.2) is 44.9 Å². The molecule has 0 spiro atoms. The Morgan fingerprint density at radius 1 is 0.975 bits per heavy atom. The lowest BCUT2D eigenvalue weighted by atomic mass is 10.1. The van der Waals surface area contributed by atoms with Crippen LogP contribution in [0.4, 0.5) is 4.39 Å². The Kier molecular flexibility index (Phi) is 11.7. The summed E-state index contributed by atoms with van der Waals surface area (Å²) in [7, 11) is 0. The number of ether oxygens (including phenoxy) is 3. The molecule has 0 amide bonds. The van der Waals surface area contributed by atoms with E-state index in [1.807, 2.05) is 20.8 Å². The zero-order valence-corrected chi connectivity index (χ0v) is 25.0. The summed E-state index contributed by atoms with van der Waals surface area (Å²) in [5.74, 6) is -1.90. The first-order valence-electron chi connectivity index (χ1n) is 14.6. The molecule has 8 nitrogen and oxygen atoms in total. The summed E-state index contributed by atoms with van der Waals surface area (Å²) < 4.78 is 35.4. The molecule has 2 saturated heterocycles. The molecule has 224 valence electrons. The minimum absolute atomic E-state index is 0.0538. The number of aromatic nitrogens is 2. The van der Waals surface area contributed by atoms with Gasteiger partial charge in [-0.05, 0) is 53.4 Å². The van der Waals surface area contributed by atoms with Gasteiger partial charge < -0.3 is 19.3 Å². The van der Waals surface area contributed by atoms with Gasteiger partial charge in [0.25, 0.3) is 5.56 Å². The van der Waals surface area contributed by atoms with Gasteiger partial charge in [-0.2, -0.15) is 4.39 Å². The van der Waals surface area contributed by atoms with Gasteiger partial charge in [0.1, 0.15) is 18.3 Å². The highest BCUT2D eigenvalue weighted by molar-refractivity contribution is 5.07. The number of aliphatic hydroxyl groups is 1. The van der Waals surface area contributed by atoms with Crippen molar-refractivity contribution < 1.29 is 23.7 Å². The van der Waals surface area contributed by atoms with E-state index in [2.05, 4.69) is 32.9 Å². The number of aliphatic hydroxyl groups excluding tert-OH is 1. The number of halogens is 1. The summed E-state index contributed by atoms with van der Waals surface area (Å²) in [4.78, 5) is 26.1. The molecule has 1 N–H and O–H groups in total. The van der Waals surface area contributed by atoms with Crippen molar-refractivity contribution in [3.63, 3.8) is 0 Å². The predicted octanol–water partition coefficient (Wildman–Crippen LogP) is 5.54. The summed E-state index contributed by atoms with van der Waals surface area (Å²) in [5.41, 5.74) is 1.97. The number of fused-ring (bicyclic) bond motifs is 1. The van der Waals surface area contributed by atoms with Gasteiger partial charge in [-0.15, -0.1) is 0 Å². The fraction of sp³-hybridized carbons (Fsp3) is 0.677. The number of hydrogen-bond acceptors (Lipinski definition) is 6. The Bertz CT molecular complexity index is 1200. The molecule has 0 saturated carbocycles. The Morgan fingerprint density at radius 3 is 2.17 bits per heavy atom. The second-order valence-corrected chi connectivity index (χ2v) is 11.4. The molecule has 3 rings (SSSR count). The van der Waals surface area contributed by atoms with Crippen LogP contribution in [0.3, 0.4) is 0 Å². The maximum atomic E-state index is 14.9. The lowest BCUT2D eigenvalue weighted by Crippen LogP contribution is -2.44. The van der Waals surface area contributed by atoms with E-state index in [1.165, 1.54) is 11.1 Å². The molecule has 40 heavy (non-hydrogen) atoms. The topological polar surface area (TPSA) is 91.9 Å². The van der Waals surface area contributed by atoms with Crippen molar-refractivity contribution in [2.24, 2.45) is 0 Å². The quantitative estimate of drug-likeness (QED) is 0.300. The summed E-state index contributed by atoms with van der Waals surface area (Å²) in [6.07, 6.45) is 10.6. The SMILES string of the molecule is CCCC1(CCC)O[C@@H]2[C@H](O1)[C@@H](CO)O[C@H]2n1cc(F)c(=O)n(C/C=C(\C)CC/C=C(\C)CCC=C(C)C)c1=O. The number of allylic oxidation sites excluding steroid dienone is 6. The highest BCUT2D eigenvalue weighted by Gasteiger charge is 2.58. The predicted molar refractivity (Wildman–Crippen MR) is 154 cm³/mol. The van der Waals surface area contributed by atoms with E-state index in [-0.39, 0.29) is 13.2 Å². The maximum absolute atomic E-state index is 14.9. The van der Waals surface area contributed by atoms with Gasteiger partial charge in [0.05, 0.1) is 12.8 Å². The number of nitrogens with zero attached hydrogens (tertiary/aromatic N) is 2. The molecule has 0 bridgehead atoms. The van der Waals surface area contributed by atoms with Crippen LogP contribution in [0.25, 0.3) is 0 Å². The number of rotatable bonds is 14. The molecule has 0 aromatic carbocycles. The van der Waals surface area contributed by atoms with Crippen LogP contribution in [-0.2, 0) is 20.8 Å². The van der Waals surface area contributed by atoms with Gasteiger partial charge >= 0.3 is 5.69 Å². The van der Waals surface area contributed by atoms with Crippen molar-refractivity contribution in [2.45, 2.75) is 130 Å². The molecule has 1 aromatic rings. The summed E-state index contributed by atoms with van der Waals surface area (Å²) in [6.45, 7) is 11.9. The zero-order chi connectivity index (χ0) is 29.4. The van der Waals surface area contributed by atoms with E-state index < -0.39 is 47.4 Å². The van der Waals surface area contributed by atoms with E-state index in [0.29, 0.717) is 12.8 Å². The normalized spacial score (nSPS) is 24.4. The van der Waals surface area contributed by atoms with Crippen molar-refractivity contribution in [2.75, 3.05) is 6.61 Å². The second-order valence-electron chi connectivity index (χ2n) is 11.4. The largest absolute Gasteiger partial charge is 0.394 e. The summed E-state index contributed by atoms with van der Waals surface area (Å²) in [6, 6.07) is 0. The lowest BCUT2D eigenvalue weighted by molar-refractivity contribution is -0.227. The monoisotopic (exact) mass is 562 g/mol. The van der Waals surface area contributed by atoms with Crippen LogP contribution in [0.5, 0.6) is 0 Å². The molecule has 9 heteroatoms. The molecule has 0 aliphatic carbocycles. The van der Waals surface area contributed by atoms with Crippen molar-refractivity contribution in [1.29, 1.82) is 0 Å². The molecule has 2 fully saturated rings. The maximum Gasteiger partial charge on any atom is 0.333 e. The van der Waals surface area contributed by atoms with Crippen LogP contribution < -0.4 is 11.2 Å². The van der Waals surface area contributed by atoms with E-state index in [0.717, 1.165) is 59.4 Å². The van der Waals surface area contributed by atoms with Crippen LogP contribution in [0.15, 0.2) is 50.7 Å². The Labute approximate surface area is 237 Å². The molecule has 2 aliphatic rings. The zero-order valence-electron chi connectivity index (χ0n) is 25.0. The average molecular weight is 563 g/mol. The Morgan fingerprint density at radius 2 is 1.57 bits per heavy atom. The van der Waals surface area contributed by atoms with Gasteiger partial charge in [0, 0.05) is 19.4 Å². The van der Waals surface area contributed by atoms with Crippen molar-refractivity contribution in [3.05, 3.63) is 67.8 Å². The Hall–Kier alpha value is -2.33. The van der Waals surface area contributed by atoms with E-state index >= 15 is 0 Å². The highest BCUT2D eigenvalue weighted by Crippen LogP contribution is 2.46. The van der Waals surface area contributed by atoms with Gasteiger partial charge in [-0.25, -0.2) is 4.79 Å². The summed E-state index contributed by atoms with van der Waals surface area (Å²) >= 11 is 0. The molecule has 0 radical (unpaired) electrons. The second kappa shape index (κ2) is 14.5. The average Bonchev–Trinajstić information content (AvgIpc) is 3.41. The first-order chi connectivity index (χ1) is 19.1. The fourth-order valence-corrected chi connectivity index (χ4v) is 5.51. The van der Waals surface area contributed by atoms with Crippen LogP contribution >= 0.6 is 0 Å². The number of hydrogen-bond donors (Lipinski definition) is 1. The third-order valence-electron chi connectivity index (χ3n) is 7.60. The van der Waals surface area contributed by atoms with Gasteiger partial charge in [0.15, 0.2) is 12.0 Å². The first-order valence-corrected chi connectivity index (χ1v) is 14.6. The van der Waals surface area contributed by atoms with Gasteiger partial charge in [-0.3, -0.25) is 13.9 Å². The third kappa shape index (κ3) is 7.69. The van der Waals surface area contributed by atoms with Crippen molar-refractivity contribution in [1.82, 2.24) is 9.13 Å². The van der Waals surface area contributed by atoms with Crippen molar-refractivity contribution >= 4 is 0 Å². The Balaban J connectivity index is 1.78. The summed E-state index contributed by atoms with van der Waals surface area (Å²) in [5, 5.41) is 9.95. The molecule has 0 unspecified atom stereocenters. The molecule has 4 atom stereocenters. The molecule has 1 aromatic heterocycles. The van der Waals surface area contributed by atoms with E-state index in [1.54, 1.807) is 6.08 Å². The minimum Gasteiger partial charge on any atom is -0.394 e. The van der Waals surface area contributed by atoms with Crippen LogP contribution in [0.2, 0.25) is 0 Å². The van der Waals surface area contributed by atoms with E-state index in [9.17, 15) is 19.1 Å². The molecular weight excluding hydrogens is 515 g/mol. The first kappa shape index (κ1) is 32.2.